The quantitative estimate of drug-likeness (QED) is 0.851. The second-order valence-corrected chi connectivity index (χ2v) is 5.71. The lowest BCUT2D eigenvalue weighted by Gasteiger charge is -2.08. The topological polar surface area (TPSA) is 59.1 Å². The monoisotopic (exact) mass is 302 g/mol. The Hall–Kier alpha value is -1.02. The number of sulfonamides is 1. The van der Waals surface area contributed by atoms with Crippen LogP contribution in [0.2, 0.25) is 5.15 Å². The van der Waals surface area contributed by atoms with E-state index in [0.29, 0.717) is 0 Å². The molecule has 0 aromatic carbocycles. The SMILES string of the molecule is O=S(=O)(CCCC(F)(F)F)Nc1cccc(Cl)n1. The third kappa shape index (κ3) is 6.06. The van der Waals surface area contributed by atoms with Crippen molar-refractivity contribution in [1.29, 1.82) is 0 Å². The van der Waals surface area contributed by atoms with Gasteiger partial charge in [0.15, 0.2) is 0 Å². The van der Waals surface area contributed by atoms with Gasteiger partial charge >= 0.3 is 6.18 Å². The maximum absolute atomic E-state index is 11.9. The van der Waals surface area contributed by atoms with Gasteiger partial charge in [-0.25, -0.2) is 13.4 Å². The average molecular weight is 303 g/mol. The van der Waals surface area contributed by atoms with E-state index in [1.807, 2.05) is 0 Å². The molecular formula is C9H10ClF3N2O2S. The van der Waals surface area contributed by atoms with Gasteiger partial charge in [-0.1, -0.05) is 17.7 Å². The molecule has 0 atom stereocenters. The third-order valence-corrected chi connectivity index (χ3v) is 3.41. The van der Waals surface area contributed by atoms with Crippen LogP contribution in [0.3, 0.4) is 0 Å². The first-order chi connectivity index (χ1) is 8.18. The molecule has 0 saturated carbocycles. The largest absolute Gasteiger partial charge is 0.389 e. The minimum Gasteiger partial charge on any atom is -0.267 e. The van der Waals surface area contributed by atoms with E-state index in [2.05, 4.69) is 9.71 Å². The van der Waals surface area contributed by atoms with Gasteiger partial charge in [-0.3, -0.25) is 4.72 Å². The number of hydrogen-bond donors (Lipinski definition) is 1. The number of aromatic nitrogens is 1. The van der Waals surface area contributed by atoms with Gasteiger partial charge in [0.2, 0.25) is 10.0 Å². The Balaban J connectivity index is 2.55. The third-order valence-electron chi connectivity index (χ3n) is 1.85. The molecule has 1 N–H and O–H groups in total. The van der Waals surface area contributed by atoms with Crippen LogP contribution in [0, 0.1) is 0 Å². The van der Waals surface area contributed by atoms with Gasteiger partial charge in [0.05, 0.1) is 5.75 Å². The molecule has 0 amide bonds. The van der Waals surface area contributed by atoms with Gasteiger partial charge in [0.25, 0.3) is 0 Å². The van der Waals surface area contributed by atoms with Crippen LogP contribution in [-0.2, 0) is 10.0 Å². The molecule has 9 heteroatoms. The zero-order valence-electron chi connectivity index (χ0n) is 9.04. The summed E-state index contributed by atoms with van der Waals surface area (Å²) in [6.45, 7) is 0. The highest BCUT2D eigenvalue weighted by Crippen LogP contribution is 2.21. The van der Waals surface area contributed by atoms with E-state index < -0.39 is 34.8 Å². The van der Waals surface area contributed by atoms with E-state index in [-0.39, 0.29) is 11.0 Å². The lowest BCUT2D eigenvalue weighted by Crippen LogP contribution is -2.19. The maximum Gasteiger partial charge on any atom is 0.389 e. The molecule has 0 saturated heterocycles. The molecule has 0 fully saturated rings. The molecule has 0 aliphatic heterocycles. The van der Waals surface area contributed by atoms with Crippen molar-refractivity contribution < 1.29 is 21.6 Å². The molecule has 4 nitrogen and oxygen atoms in total. The highest BCUT2D eigenvalue weighted by atomic mass is 35.5. The molecule has 0 bridgehead atoms. The van der Waals surface area contributed by atoms with Crippen LogP contribution in [0.4, 0.5) is 19.0 Å². The van der Waals surface area contributed by atoms with Gasteiger partial charge in [-0.15, -0.1) is 0 Å². The molecule has 102 valence electrons. The van der Waals surface area contributed by atoms with Crippen molar-refractivity contribution in [3.05, 3.63) is 23.4 Å². The van der Waals surface area contributed by atoms with Crippen LogP contribution in [0.1, 0.15) is 12.8 Å². The number of nitrogens with one attached hydrogen (secondary N) is 1. The Morgan fingerprint density at radius 3 is 2.56 bits per heavy atom. The van der Waals surface area contributed by atoms with Crippen LogP contribution >= 0.6 is 11.6 Å². The van der Waals surface area contributed by atoms with Crippen molar-refractivity contribution in [2.75, 3.05) is 10.5 Å². The Kier molecular flexibility index (Phi) is 4.80. The van der Waals surface area contributed by atoms with Crippen LogP contribution < -0.4 is 4.72 Å². The fraction of sp³-hybridized carbons (Fsp3) is 0.444. The predicted molar refractivity (Wildman–Crippen MR) is 61.9 cm³/mol. The first-order valence-electron chi connectivity index (χ1n) is 4.88. The fourth-order valence-corrected chi connectivity index (χ4v) is 2.36. The van der Waals surface area contributed by atoms with Gasteiger partial charge < -0.3 is 0 Å². The van der Waals surface area contributed by atoms with Crippen molar-refractivity contribution in [2.24, 2.45) is 0 Å². The summed E-state index contributed by atoms with van der Waals surface area (Å²) >= 11 is 5.54. The molecule has 1 rings (SSSR count). The molecule has 1 heterocycles. The highest BCUT2D eigenvalue weighted by molar-refractivity contribution is 7.92. The number of halogens is 4. The second-order valence-electron chi connectivity index (χ2n) is 3.49. The summed E-state index contributed by atoms with van der Waals surface area (Å²) in [6, 6.07) is 4.28. The van der Waals surface area contributed by atoms with Crippen LogP contribution in [0.15, 0.2) is 18.2 Å². The molecule has 0 spiro atoms. The smallest absolute Gasteiger partial charge is 0.267 e. The summed E-state index contributed by atoms with van der Waals surface area (Å²) in [5, 5.41) is 0.0884. The minimum absolute atomic E-state index is 0.0190. The van der Waals surface area contributed by atoms with Crippen molar-refractivity contribution in [2.45, 2.75) is 19.0 Å². The number of hydrogen-bond acceptors (Lipinski definition) is 3. The summed E-state index contributed by atoms with van der Waals surface area (Å²) in [7, 11) is -3.84. The molecule has 18 heavy (non-hydrogen) atoms. The summed E-state index contributed by atoms with van der Waals surface area (Å²) in [6.07, 6.45) is -6.00. The number of alkyl halides is 3. The lowest BCUT2D eigenvalue weighted by atomic mass is 10.3. The Labute approximate surface area is 107 Å². The van der Waals surface area contributed by atoms with E-state index in [1.165, 1.54) is 18.2 Å². The van der Waals surface area contributed by atoms with Crippen molar-refractivity contribution >= 4 is 27.4 Å². The number of pyridine rings is 1. The first kappa shape index (κ1) is 15.0. The molecular weight excluding hydrogens is 293 g/mol. The van der Waals surface area contributed by atoms with Crippen LogP contribution in [0.5, 0.6) is 0 Å². The summed E-state index contributed by atoms with van der Waals surface area (Å²) < 4.78 is 60.5. The van der Waals surface area contributed by atoms with Crippen LogP contribution in [0.25, 0.3) is 0 Å². The Bertz CT molecular complexity index is 505. The summed E-state index contributed by atoms with van der Waals surface area (Å²) in [5.41, 5.74) is 0. The van der Waals surface area contributed by atoms with E-state index >= 15 is 0 Å². The summed E-state index contributed by atoms with van der Waals surface area (Å²) in [4.78, 5) is 3.67. The van der Waals surface area contributed by atoms with Gasteiger partial charge in [-0.2, -0.15) is 13.2 Å². The lowest BCUT2D eigenvalue weighted by molar-refractivity contribution is -0.134. The van der Waals surface area contributed by atoms with Gasteiger partial charge in [-0.05, 0) is 18.6 Å². The molecule has 0 aliphatic rings. The van der Waals surface area contributed by atoms with Crippen molar-refractivity contribution in [3.8, 4) is 0 Å². The zero-order valence-corrected chi connectivity index (χ0v) is 10.6. The van der Waals surface area contributed by atoms with Crippen LogP contribution in [-0.4, -0.2) is 25.3 Å². The Morgan fingerprint density at radius 1 is 1.33 bits per heavy atom. The molecule has 0 aliphatic carbocycles. The fourth-order valence-electron chi connectivity index (χ4n) is 1.14. The molecule has 1 aromatic rings. The van der Waals surface area contributed by atoms with E-state index in [0.717, 1.165) is 0 Å². The highest BCUT2D eigenvalue weighted by Gasteiger charge is 2.27. The number of nitrogens with zero attached hydrogens (tertiary/aromatic N) is 1. The normalized spacial score (nSPS) is 12.4. The van der Waals surface area contributed by atoms with Gasteiger partial charge in [0, 0.05) is 6.42 Å². The van der Waals surface area contributed by atoms with Crippen molar-refractivity contribution in [1.82, 2.24) is 4.98 Å². The van der Waals surface area contributed by atoms with Gasteiger partial charge in [0.1, 0.15) is 11.0 Å². The Morgan fingerprint density at radius 2 is 2.00 bits per heavy atom. The van der Waals surface area contributed by atoms with E-state index in [4.69, 9.17) is 11.6 Å². The minimum atomic E-state index is -4.36. The predicted octanol–water partition coefficient (Wildman–Crippen LogP) is 2.82. The van der Waals surface area contributed by atoms with E-state index in [9.17, 15) is 21.6 Å². The average Bonchev–Trinajstić information content (AvgIpc) is 2.13. The summed E-state index contributed by atoms with van der Waals surface area (Å²) in [5.74, 6) is -0.643. The van der Waals surface area contributed by atoms with E-state index in [1.54, 1.807) is 0 Å². The molecule has 0 radical (unpaired) electrons. The second kappa shape index (κ2) is 5.75. The molecule has 1 aromatic heterocycles. The first-order valence-corrected chi connectivity index (χ1v) is 6.91. The zero-order chi connectivity index (χ0) is 13.8. The standard InChI is InChI=1S/C9H10ClF3N2O2S/c10-7-3-1-4-8(14-7)15-18(16,17)6-2-5-9(11,12)13/h1,3-4H,2,5-6H2,(H,14,15). The molecule has 0 unspecified atom stereocenters. The maximum atomic E-state index is 11.9. The number of anilines is 1. The van der Waals surface area contributed by atoms with Crippen molar-refractivity contribution in [3.63, 3.8) is 0 Å². The number of rotatable bonds is 5.